The van der Waals surface area contributed by atoms with Crippen LogP contribution in [-0.4, -0.2) is 32.9 Å². The van der Waals surface area contributed by atoms with Crippen LogP contribution in [0.3, 0.4) is 0 Å². The van der Waals surface area contributed by atoms with Gasteiger partial charge in [-0.15, -0.1) is 0 Å². The number of halogens is 2. The van der Waals surface area contributed by atoms with Crippen molar-refractivity contribution in [2.45, 2.75) is 37.2 Å². The van der Waals surface area contributed by atoms with E-state index < -0.39 is 5.83 Å². The van der Waals surface area contributed by atoms with Crippen LogP contribution >= 0.6 is 0 Å². The van der Waals surface area contributed by atoms with Gasteiger partial charge in [-0.25, -0.2) is 8.78 Å². The Morgan fingerprint density at radius 1 is 1.26 bits per heavy atom. The summed E-state index contributed by atoms with van der Waals surface area (Å²) in [6.45, 7) is 2.34. The Kier molecular flexibility index (Phi) is 6.64. The molecule has 31 heavy (non-hydrogen) atoms. The third kappa shape index (κ3) is 4.79. The molecule has 162 valence electrons. The SMILES string of the molecule is COC1=CCC(c2ccc(CC3CNCCO3)cc2C2C=CC(C#N)=C(F)C2)C=C1F. The predicted molar refractivity (Wildman–Crippen MR) is 115 cm³/mol. The van der Waals surface area contributed by atoms with Crippen LogP contribution in [0.5, 0.6) is 0 Å². The summed E-state index contributed by atoms with van der Waals surface area (Å²) in [5.41, 5.74) is 3.11. The molecule has 4 nitrogen and oxygen atoms in total. The zero-order chi connectivity index (χ0) is 21.8. The van der Waals surface area contributed by atoms with Crippen LogP contribution in [-0.2, 0) is 15.9 Å². The number of nitrogens with zero attached hydrogens (tertiary/aromatic N) is 1. The van der Waals surface area contributed by atoms with E-state index in [4.69, 9.17) is 14.7 Å². The summed E-state index contributed by atoms with van der Waals surface area (Å²) < 4.78 is 39.8. The van der Waals surface area contributed by atoms with Crippen LogP contribution in [0.4, 0.5) is 8.78 Å². The van der Waals surface area contributed by atoms with Gasteiger partial charge in [0.1, 0.15) is 17.7 Å². The topological polar surface area (TPSA) is 54.3 Å². The van der Waals surface area contributed by atoms with Gasteiger partial charge in [-0.1, -0.05) is 24.3 Å². The minimum absolute atomic E-state index is 0.0758. The number of methoxy groups -OCH3 is 1. The van der Waals surface area contributed by atoms with Crippen molar-refractivity contribution < 1.29 is 18.3 Å². The second-order valence-corrected chi connectivity index (χ2v) is 8.09. The lowest BCUT2D eigenvalue weighted by Gasteiger charge is -2.27. The standard InChI is InChI=1S/C25H26F2N2O2/c1-30-25-7-5-17(13-24(25)27)21-6-2-16(10-20-15-29-8-9-31-20)11-22(21)18-3-4-19(14-28)23(26)12-18/h2-4,6-7,11,13,17-18,20,29H,5,8-10,12,15H2,1H3. The van der Waals surface area contributed by atoms with E-state index in [1.165, 1.54) is 7.11 Å². The molecule has 0 radical (unpaired) electrons. The van der Waals surface area contributed by atoms with Gasteiger partial charge in [0, 0.05) is 31.3 Å². The second kappa shape index (κ2) is 9.59. The molecule has 0 aromatic heterocycles. The van der Waals surface area contributed by atoms with Gasteiger partial charge < -0.3 is 14.8 Å². The smallest absolute Gasteiger partial charge is 0.161 e. The molecule has 3 aliphatic rings. The highest BCUT2D eigenvalue weighted by Crippen LogP contribution is 2.40. The quantitative estimate of drug-likeness (QED) is 0.732. The number of benzene rings is 1. The first-order chi connectivity index (χ1) is 15.1. The fourth-order valence-corrected chi connectivity index (χ4v) is 4.47. The third-order valence-corrected chi connectivity index (χ3v) is 6.08. The maximum Gasteiger partial charge on any atom is 0.161 e. The Morgan fingerprint density at radius 3 is 2.81 bits per heavy atom. The highest BCUT2D eigenvalue weighted by Gasteiger charge is 2.26. The summed E-state index contributed by atoms with van der Waals surface area (Å²) in [7, 11) is 1.46. The molecule has 1 saturated heterocycles. The number of nitriles is 1. The van der Waals surface area contributed by atoms with Gasteiger partial charge in [-0.05, 0) is 47.8 Å². The zero-order valence-corrected chi connectivity index (χ0v) is 17.5. The van der Waals surface area contributed by atoms with E-state index in [1.54, 1.807) is 18.2 Å². The van der Waals surface area contributed by atoms with Gasteiger partial charge >= 0.3 is 0 Å². The molecule has 0 saturated carbocycles. The van der Waals surface area contributed by atoms with Gasteiger partial charge in [-0.2, -0.15) is 5.26 Å². The molecule has 1 aromatic rings. The van der Waals surface area contributed by atoms with Crippen LogP contribution in [0, 0.1) is 11.3 Å². The van der Waals surface area contributed by atoms with E-state index in [0.717, 1.165) is 36.2 Å². The molecular formula is C25H26F2N2O2. The van der Waals surface area contributed by atoms with Gasteiger partial charge in [0.15, 0.2) is 5.83 Å². The first kappa shape index (κ1) is 21.5. The van der Waals surface area contributed by atoms with Crippen molar-refractivity contribution in [1.82, 2.24) is 5.32 Å². The molecule has 3 atom stereocenters. The van der Waals surface area contributed by atoms with Crippen molar-refractivity contribution in [1.29, 1.82) is 5.26 Å². The molecule has 6 heteroatoms. The molecular weight excluding hydrogens is 398 g/mol. The molecule has 0 spiro atoms. The highest BCUT2D eigenvalue weighted by atomic mass is 19.1. The molecule has 0 amide bonds. The minimum Gasteiger partial charge on any atom is -0.494 e. The molecule has 1 N–H and O–H groups in total. The van der Waals surface area contributed by atoms with Crippen molar-refractivity contribution >= 4 is 0 Å². The molecule has 1 aliphatic heterocycles. The van der Waals surface area contributed by atoms with Crippen molar-refractivity contribution in [3.05, 3.63) is 82.2 Å². The number of rotatable bonds is 5. The number of allylic oxidation sites excluding steroid dienone is 7. The fourth-order valence-electron chi connectivity index (χ4n) is 4.47. The summed E-state index contributed by atoms with van der Waals surface area (Å²) >= 11 is 0. The summed E-state index contributed by atoms with van der Waals surface area (Å²) in [5, 5.41) is 12.4. The first-order valence-electron chi connectivity index (χ1n) is 10.6. The lowest BCUT2D eigenvalue weighted by molar-refractivity contribution is 0.0292. The number of hydrogen-bond acceptors (Lipinski definition) is 4. The molecule has 4 rings (SSSR count). The van der Waals surface area contributed by atoms with E-state index in [-0.39, 0.29) is 41.5 Å². The van der Waals surface area contributed by atoms with Crippen LogP contribution in [0.25, 0.3) is 0 Å². The van der Waals surface area contributed by atoms with Crippen molar-refractivity contribution in [2.24, 2.45) is 0 Å². The third-order valence-electron chi connectivity index (χ3n) is 6.08. The van der Waals surface area contributed by atoms with E-state index in [1.807, 2.05) is 18.2 Å². The van der Waals surface area contributed by atoms with Crippen LogP contribution < -0.4 is 5.32 Å². The maximum atomic E-state index is 14.5. The summed E-state index contributed by atoms with van der Waals surface area (Å²) in [4.78, 5) is 0. The van der Waals surface area contributed by atoms with Crippen molar-refractivity contribution in [3.63, 3.8) is 0 Å². The van der Waals surface area contributed by atoms with Crippen LogP contribution in [0.2, 0.25) is 0 Å². The molecule has 3 unspecified atom stereocenters. The zero-order valence-electron chi connectivity index (χ0n) is 17.5. The van der Waals surface area contributed by atoms with Crippen LogP contribution in [0.15, 0.2) is 65.5 Å². The van der Waals surface area contributed by atoms with E-state index in [0.29, 0.717) is 13.0 Å². The lowest BCUT2D eigenvalue weighted by Crippen LogP contribution is -2.39. The number of morpholine rings is 1. The molecule has 1 heterocycles. The Bertz CT molecular complexity index is 997. The average molecular weight is 424 g/mol. The average Bonchev–Trinajstić information content (AvgIpc) is 2.79. The Morgan fingerprint density at radius 2 is 2.13 bits per heavy atom. The Balaban J connectivity index is 1.66. The summed E-state index contributed by atoms with van der Waals surface area (Å²) in [6, 6.07) is 8.07. The van der Waals surface area contributed by atoms with Gasteiger partial charge in [-0.3, -0.25) is 0 Å². The second-order valence-electron chi connectivity index (χ2n) is 8.09. The van der Waals surface area contributed by atoms with Gasteiger partial charge in [0.25, 0.3) is 0 Å². The fraction of sp³-hybridized carbons (Fsp3) is 0.400. The molecule has 0 bridgehead atoms. The molecule has 2 aliphatic carbocycles. The number of ether oxygens (including phenoxy) is 2. The van der Waals surface area contributed by atoms with Crippen LogP contribution in [0.1, 0.15) is 41.4 Å². The summed E-state index contributed by atoms with van der Waals surface area (Å²) in [6.07, 6.45) is 8.34. The summed E-state index contributed by atoms with van der Waals surface area (Å²) in [5.74, 6) is -0.901. The number of nitrogens with one attached hydrogen (secondary N) is 1. The highest BCUT2D eigenvalue weighted by molar-refractivity contribution is 5.48. The monoisotopic (exact) mass is 424 g/mol. The van der Waals surface area contributed by atoms with E-state index in [9.17, 15) is 8.78 Å². The van der Waals surface area contributed by atoms with E-state index >= 15 is 0 Å². The molecule has 1 fully saturated rings. The first-order valence-corrected chi connectivity index (χ1v) is 10.6. The molecule has 1 aromatic carbocycles. The Labute approximate surface area is 181 Å². The lowest BCUT2D eigenvalue weighted by atomic mass is 9.80. The Hall–Kier alpha value is -2.75. The normalized spacial score (nSPS) is 26.2. The van der Waals surface area contributed by atoms with Gasteiger partial charge in [0.2, 0.25) is 0 Å². The van der Waals surface area contributed by atoms with Crippen molar-refractivity contribution in [2.75, 3.05) is 26.8 Å². The maximum absolute atomic E-state index is 14.5. The van der Waals surface area contributed by atoms with Crippen molar-refractivity contribution in [3.8, 4) is 6.07 Å². The van der Waals surface area contributed by atoms with E-state index in [2.05, 4.69) is 17.4 Å². The number of hydrogen-bond donors (Lipinski definition) is 1. The van der Waals surface area contributed by atoms with Gasteiger partial charge in [0.05, 0.1) is 25.4 Å². The largest absolute Gasteiger partial charge is 0.494 e. The minimum atomic E-state index is -0.405. The predicted octanol–water partition coefficient (Wildman–Crippen LogP) is 4.88.